The Morgan fingerprint density at radius 2 is 2.00 bits per heavy atom. The molecule has 5 nitrogen and oxygen atoms in total. The number of fused-ring (bicyclic) bond motifs is 1. The Kier molecular flexibility index (Phi) is 3.66. The largest absolute Gasteiger partial charge is 0.392 e. The van der Waals surface area contributed by atoms with E-state index in [0.29, 0.717) is 23.8 Å². The molecule has 0 amide bonds. The first-order valence-electron chi connectivity index (χ1n) is 7.00. The first-order valence-corrected chi connectivity index (χ1v) is 7.00. The third kappa shape index (κ3) is 2.78. The Hall–Kier alpha value is -2.27. The quantitative estimate of drug-likeness (QED) is 0.797. The Labute approximate surface area is 122 Å². The summed E-state index contributed by atoms with van der Waals surface area (Å²) in [7, 11) is 0. The van der Waals surface area contributed by atoms with E-state index in [1.54, 1.807) is 6.20 Å². The lowest BCUT2D eigenvalue weighted by Gasteiger charge is -2.10. The molecule has 0 bridgehead atoms. The number of hydrogen-bond acceptors (Lipinski definition) is 5. The van der Waals surface area contributed by atoms with Crippen molar-refractivity contribution in [1.82, 2.24) is 15.1 Å². The molecule has 0 aliphatic heterocycles. The molecule has 108 valence electrons. The van der Waals surface area contributed by atoms with Crippen LogP contribution >= 0.6 is 0 Å². The van der Waals surface area contributed by atoms with Crippen molar-refractivity contribution in [3.8, 4) is 11.5 Å². The van der Waals surface area contributed by atoms with E-state index in [1.165, 1.54) is 0 Å². The molecule has 21 heavy (non-hydrogen) atoms. The number of aliphatic hydroxyl groups is 1. The fraction of sp³-hybridized carbons (Fsp3) is 0.312. The minimum absolute atomic E-state index is 0.149. The molecule has 0 fully saturated rings. The topological polar surface area (TPSA) is 72.0 Å². The molecule has 0 aliphatic carbocycles. The zero-order valence-corrected chi connectivity index (χ0v) is 12.0. The van der Waals surface area contributed by atoms with Crippen LogP contribution in [-0.4, -0.2) is 26.3 Å². The van der Waals surface area contributed by atoms with E-state index in [4.69, 9.17) is 4.52 Å². The van der Waals surface area contributed by atoms with Gasteiger partial charge in [-0.15, -0.1) is 0 Å². The van der Waals surface area contributed by atoms with Gasteiger partial charge >= 0.3 is 0 Å². The minimum Gasteiger partial charge on any atom is -0.392 e. The van der Waals surface area contributed by atoms with Gasteiger partial charge in [0.05, 0.1) is 12.5 Å². The monoisotopic (exact) mass is 283 g/mol. The normalized spacial score (nSPS) is 13.0. The first kappa shape index (κ1) is 13.7. The summed E-state index contributed by atoms with van der Waals surface area (Å²) < 4.78 is 5.23. The maximum absolute atomic E-state index is 9.89. The number of aromatic nitrogens is 3. The summed E-state index contributed by atoms with van der Waals surface area (Å²) in [6.45, 7) is 3.91. The van der Waals surface area contributed by atoms with Gasteiger partial charge in [0.25, 0.3) is 0 Å². The fourth-order valence-corrected chi connectivity index (χ4v) is 2.15. The molecule has 0 saturated carbocycles. The second-order valence-electron chi connectivity index (χ2n) is 5.41. The van der Waals surface area contributed by atoms with Crippen LogP contribution in [0.1, 0.15) is 19.7 Å². The SMILES string of the molecule is CC(C)C(O)Cc1nc(-c2nccc3ccccc23)no1. The van der Waals surface area contributed by atoms with Gasteiger partial charge in [-0.25, -0.2) is 0 Å². The number of pyridine rings is 1. The Bertz CT molecular complexity index is 747. The van der Waals surface area contributed by atoms with Crippen LogP contribution in [0.4, 0.5) is 0 Å². The predicted octanol–water partition coefficient (Wildman–Crippen LogP) is 2.84. The van der Waals surface area contributed by atoms with E-state index in [2.05, 4.69) is 15.1 Å². The lowest BCUT2D eigenvalue weighted by molar-refractivity contribution is 0.116. The van der Waals surface area contributed by atoms with E-state index in [1.807, 2.05) is 44.2 Å². The van der Waals surface area contributed by atoms with Crippen molar-refractivity contribution in [2.24, 2.45) is 5.92 Å². The molecule has 2 heterocycles. The van der Waals surface area contributed by atoms with Crippen LogP contribution in [0, 0.1) is 5.92 Å². The number of hydrogen-bond donors (Lipinski definition) is 1. The molecule has 0 spiro atoms. The Balaban J connectivity index is 1.95. The van der Waals surface area contributed by atoms with Gasteiger partial charge in [0, 0.05) is 11.6 Å². The second-order valence-corrected chi connectivity index (χ2v) is 5.41. The number of nitrogens with zero attached hydrogens (tertiary/aromatic N) is 3. The molecular formula is C16H17N3O2. The first-order chi connectivity index (χ1) is 10.1. The average molecular weight is 283 g/mol. The standard InChI is InChI=1S/C16H17N3O2/c1-10(2)13(20)9-14-18-16(19-21-14)15-12-6-4-3-5-11(12)7-8-17-15/h3-8,10,13,20H,9H2,1-2H3. The maximum Gasteiger partial charge on any atom is 0.229 e. The smallest absolute Gasteiger partial charge is 0.229 e. The van der Waals surface area contributed by atoms with Crippen molar-refractivity contribution in [1.29, 1.82) is 0 Å². The van der Waals surface area contributed by atoms with Gasteiger partial charge < -0.3 is 9.63 Å². The van der Waals surface area contributed by atoms with E-state index < -0.39 is 6.10 Å². The van der Waals surface area contributed by atoms with Gasteiger partial charge in [-0.3, -0.25) is 4.98 Å². The molecule has 1 unspecified atom stereocenters. The summed E-state index contributed by atoms with van der Waals surface area (Å²) in [5.41, 5.74) is 0.696. The Morgan fingerprint density at radius 1 is 1.19 bits per heavy atom. The molecule has 1 aromatic carbocycles. The molecule has 0 saturated heterocycles. The molecule has 2 aromatic heterocycles. The molecule has 5 heteroatoms. The van der Waals surface area contributed by atoms with Gasteiger partial charge in [0.1, 0.15) is 5.69 Å². The van der Waals surface area contributed by atoms with Crippen LogP contribution in [-0.2, 0) is 6.42 Å². The number of benzene rings is 1. The predicted molar refractivity (Wildman–Crippen MR) is 79.6 cm³/mol. The summed E-state index contributed by atoms with van der Waals surface area (Å²) in [6, 6.07) is 9.88. The fourth-order valence-electron chi connectivity index (χ4n) is 2.15. The highest BCUT2D eigenvalue weighted by Crippen LogP contribution is 2.24. The summed E-state index contributed by atoms with van der Waals surface area (Å²) >= 11 is 0. The summed E-state index contributed by atoms with van der Waals surface area (Å²) in [6.07, 6.45) is 1.60. The van der Waals surface area contributed by atoms with Gasteiger partial charge in [0.15, 0.2) is 0 Å². The highest BCUT2D eigenvalue weighted by atomic mass is 16.5. The average Bonchev–Trinajstić information content (AvgIpc) is 2.95. The minimum atomic E-state index is -0.487. The third-order valence-electron chi connectivity index (χ3n) is 3.51. The van der Waals surface area contributed by atoms with Crippen LogP contribution in [0.2, 0.25) is 0 Å². The summed E-state index contributed by atoms with van der Waals surface area (Å²) in [5, 5.41) is 15.9. The van der Waals surface area contributed by atoms with Crippen molar-refractivity contribution < 1.29 is 9.63 Å². The highest BCUT2D eigenvalue weighted by Gasteiger charge is 2.17. The van der Waals surface area contributed by atoms with E-state index >= 15 is 0 Å². The molecule has 1 atom stereocenters. The molecule has 3 aromatic rings. The lowest BCUT2D eigenvalue weighted by Crippen LogP contribution is -2.17. The maximum atomic E-state index is 9.89. The van der Waals surface area contributed by atoms with Crippen LogP contribution in [0.25, 0.3) is 22.3 Å². The third-order valence-corrected chi connectivity index (χ3v) is 3.51. The highest BCUT2D eigenvalue weighted by molar-refractivity contribution is 5.92. The van der Waals surface area contributed by atoms with E-state index in [0.717, 1.165) is 10.8 Å². The van der Waals surface area contributed by atoms with Gasteiger partial charge in [0.2, 0.25) is 11.7 Å². The summed E-state index contributed by atoms with van der Waals surface area (Å²) in [4.78, 5) is 8.71. The number of aliphatic hydroxyl groups excluding tert-OH is 1. The molecular weight excluding hydrogens is 266 g/mol. The molecule has 1 N–H and O–H groups in total. The van der Waals surface area contributed by atoms with Crippen molar-refractivity contribution >= 4 is 10.8 Å². The second kappa shape index (κ2) is 5.61. The van der Waals surface area contributed by atoms with Crippen LogP contribution in [0.15, 0.2) is 41.1 Å². The number of rotatable bonds is 4. The van der Waals surface area contributed by atoms with E-state index in [9.17, 15) is 5.11 Å². The molecule has 0 aliphatic rings. The van der Waals surface area contributed by atoms with Crippen LogP contribution in [0.5, 0.6) is 0 Å². The Morgan fingerprint density at radius 3 is 2.81 bits per heavy atom. The van der Waals surface area contributed by atoms with Crippen LogP contribution < -0.4 is 0 Å². The lowest BCUT2D eigenvalue weighted by atomic mass is 10.0. The van der Waals surface area contributed by atoms with Crippen molar-refractivity contribution in [3.05, 3.63) is 42.4 Å². The van der Waals surface area contributed by atoms with E-state index in [-0.39, 0.29) is 5.92 Å². The van der Waals surface area contributed by atoms with Crippen molar-refractivity contribution in [2.45, 2.75) is 26.4 Å². The summed E-state index contributed by atoms with van der Waals surface area (Å²) in [5.74, 6) is 1.04. The van der Waals surface area contributed by atoms with Crippen molar-refractivity contribution in [2.75, 3.05) is 0 Å². The zero-order valence-electron chi connectivity index (χ0n) is 12.0. The van der Waals surface area contributed by atoms with Crippen molar-refractivity contribution in [3.63, 3.8) is 0 Å². The molecule has 3 rings (SSSR count). The zero-order chi connectivity index (χ0) is 14.8. The van der Waals surface area contributed by atoms with Crippen LogP contribution in [0.3, 0.4) is 0 Å². The molecule has 0 radical (unpaired) electrons. The van der Waals surface area contributed by atoms with Gasteiger partial charge in [-0.05, 0) is 17.4 Å². The van der Waals surface area contributed by atoms with Gasteiger partial charge in [-0.1, -0.05) is 43.3 Å². The van der Waals surface area contributed by atoms with Gasteiger partial charge in [-0.2, -0.15) is 4.98 Å².